The van der Waals surface area contributed by atoms with E-state index >= 15 is 0 Å². The Kier molecular flexibility index (Phi) is 5.77. The molecule has 0 spiro atoms. The van der Waals surface area contributed by atoms with E-state index in [9.17, 15) is 17.2 Å². The highest BCUT2D eigenvalue weighted by Gasteiger charge is 2.26. The van der Waals surface area contributed by atoms with E-state index in [2.05, 4.69) is 14.7 Å². The standard InChI is InChI=1S/C17H19F2N3O3S/c18-13-9-20-17(21-10-13)25-15-7-5-14(6-8-15)22-26(23,24)11-12-3-1-2-4-16(12)19/h1-4,9-10,14-15,22H,5-8,11H2. The number of ether oxygens (including phenoxy) is 1. The van der Waals surface area contributed by atoms with Crippen LogP contribution in [-0.2, 0) is 15.8 Å². The molecule has 2 aromatic rings. The van der Waals surface area contributed by atoms with Gasteiger partial charge in [0.05, 0.1) is 18.1 Å². The molecule has 0 unspecified atom stereocenters. The van der Waals surface area contributed by atoms with Gasteiger partial charge in [-0.25, -0.2) is 31.9 Å². The van der Waals surface area contributed by atoms with Crippen LogP contribution in [0.5, 0.6) is 6.01 Å². The summed E-state index contributed by atoms with van der Waals surface area (Å²) in [4.78, 5) is 7.50. The van der Waals surface area contributed by atoms with Gasteiger partial charge in [0.1, 0.15) is 11.9 Å². The summed E-state index contributed by atoms with van der Waals surface area (Å²) in [6.45, 7) is 0. The summed E-state index contributed by atoms with van der Waals surface area (Å²) in [6, 6.07) is 5.71. The fourth-order valence-corrected chi connectivity index (χ4v) is 4.40. The Bertz CT molecular complexity index is 839. The smallest absolute Gasteiger partial charge is 0.316 e. The SMILES string of the molecule is O=S(=O)(Cc1ccccc1F)NC1CCC(Oc2ncc(F)cn2)CC1. The molecule has 6 nitrogen and oxygen atoms in total. The lowest BCUT2D eigenvalue weighted by atomic mass is 9.94. The number of hydrogen-bond donors (Lipinski definition) is 1. The zero-order valence-electron chi connectivity index (χ0n) is 13.9. The van der Waals surface area contributed by atoms with E-state index in [1.165, 1.54) is 18.2 Å². The van der Waals surface area contributed by atoms with Gasteiger partial charge in [-0.05, 0) is 31.7 Å². The number of benzene rings is 1. The summed E-state index contributed by atoms with van der Waals surface area (Å²) in [5.74, 6) is -1.46. The molecule has 1 aromatic carbocycles. The number of hydrogen-bond acceptors (Lipinski definition) is 5. The molecular weight excluding hydrogens is 364 g/mol. The van der Waals surface area contributed by atoms with Gasteiger partial charge in [-0.2, -0.15) is 0 Å². The maximum Gasteiger partial charge on any atom is 0.316 e. The Balaban J connectivity index is 1.50. The molecule has 1 N–H and O–H groups in total. The lowest BCUT2D eigenvalue weighted by Gasteiger charge is -2.28. The molecule has 1 saturated carbocycles. The van der Waals surface area contributed by atoms with Crippen molar-refractivity contribution in [1.29, 1.82) is 0 Å². The minimum atomic E-state index is -3.64. The fraction of sp³-hybridized carbons (Fsp3) is 0.412. The predicted molar refractivity (Wildman–Crippen MR) is 90.8 cm³/mol. The lowest BCUT2D eigenvalue weighted by Crippen LogP contribution is -2.40. The van der Waals surface area contributed by atoms with Gasteiger partial charge in [-0.1, -0.05) is 18.2 Å². The number of aromatic nitrogens is 2. The molecule has 140 valence electrons. The van der Waals surface area contributed by atoms with Gasteiger partial charge in [-0.3, -0.25) is 0 Å². The number of sulfonamides is 1. The van der Waals surface area contributed by atoms with Gasteiger partial charge in [-0.15, -0.1) is 0 Å². The Morgan fingerprint density at radius 1 is 1.08 bits per heavy atom. The number of halogens is 2. The molecule has 1 aliphatic rings. The quantitative estimate of drug-likeness (QED) is 0.829. The average molecular weight is 383 g/mol. The predicted octanol–water partition coefficient (Wildman–Crippen LogP) is 2.56. The van der Waals surface area contributed by atoms with Crippen LogP contribution < -0.4 is 9.46 Å². The Morgan fingerprint density at radius 2 is 1.73 bits per heavy atom. The van der Waals surface area contributed by atoms with Gasteiger partial charge >= 0.3 is 6.01 Å². The van der Waals surface area contributed by atoms with Crippen molar-refractivity contribution in [3.63, 3.8) is 0 Å². The third-order valence-electron chi connectivity index (χ3n) is 4.19. The first kappa shape index (κ1) is 18.7. The summed E-state index contributed by atoms with van der Waals surface area (Å²) in [7, 11) is -3.64. The summed E-state index contributed by atoms with van der Waals surface area (Å²) in [5.41, 5.74) is 0.144. The molecule has 1 fully saturated rings. The van der Waals surface area contributed by atoms with E-state index in [1.54, 1.807) is 6.07 Å². The molecule has 3 rings (SSSR count). The Hall–Kier alpha value is -2.13. The van der Waals surface area contributed by atoms with Crippen molar-refractivity contribution >= 4 is 10.0 Å². The first-order valence-electron chi connectivity index (χ1n) is 8.29. The second-order valence-electron chi connectivity index (χ2n) is 6.24. The normalized spacial score (nSPS) is 20.7. The van der Waals surface area contributed by atoms with Crippen LogP contribution in [0.2, 0.25) is 0 Å². The zero-order valence-corrected chi connectivity index (χ0v) is 14.8. The minimum absolute atomic E-state index is 0.106. The van der Waals surface area contributed by atoms with Crippen LogP contribution in [0.3, 0.4) is 0 Å². The number of nitrogens with one attached hydrogen (secondary N) is 1. The minimum Gasteiger partial charge on any atom is -0.460 e. The summed E-state index contributed by atoms with van der Waals surface area (Å²) in [6.07, 6.45) is 4.33. The summed E-state index contributed by atoms with van der Waals surface area (Å²) >= 11 is 0. The topological polar surface area (TPSA) is 81.2 Å². The second kappa shape index (κ2) is 8.05. The van der Waals surface area contributed by atoms with Gasteiger partial charge in [0.15, 0.2) is 5.82 Å². The van der Waals surface area contributed by atoms with E-state index < -0.39 is 21.7 Å². The zero-order chi connectivity index (χ0) is 18.6. The summed E-state index contributed by atoms with van der Waals surface area (Å²) < 4.78 is 59.2. The third kappa shape index (κ3) is 5.18. The van der Waals surface area contributed by atoms with Crippen molar-refractivity contribution in [3.05, 3.63) is 53.9 Å². The molecular formula is C17H19F2N3O3S. The average Bonchev–Trinajstić information content (AvgIpc) is 2.60. The van der Waals surface area contributed by atoms with Crippen LogP contribution in [0.1, 0.15) is 31.2 Å². The van der Waals surface area contributed by atoms with Crippen molar-refractivity contribution in [2.75, 3.05) is 0 Å². The molecule has 0 saturated heterocycles. The van der Waals surface area contributed by atoms with Crippen LogP contribution in [-0.4, -0.2) is 30.5 Å². The number of nitrogens with zero attached hydrogens (tertiary/aromatic N) is 2. The molecule has 1 heterocycles. The van der Waals surface area contributed by atoms with E-state index in [0.29, 0.717) is 25.7 Å². The molecule has 9 heteroatoms. The molecule has 1 aliphatic carbocycles. The monoisotopic (exact) mass is 383 g/mol. The number of rotatable bonds is 6. The molecule has 0 aliphatic heterocycles. The van der Waals surface area contributed by atoms with Crippen LogP contribution in [0.4, 0.5) is 8.78 Å². The largest absolute Gasteiger partial charge is 0.460 e. The van der Waals surface area contributed by atoms with Crippen molar-refractivity contribution < 1.29 is 21.9 Å². The third-order valence-corrected chi connectivity index (χ3v) is 5.58. The molecule has 0 atom stereocenters. The van der Waals surface area contributed by atoms with Crippen LogP contribution >= 0.6 is 0 Å². The Morgan fingerprint density at radius 3 is 2.38 bits per heavy atom. The molecule has 0 radical (unpaired) electrons. The first-order valence-corrected chi connectivity index (χ1v) is 9.94. The highest BCUT2D eigenvalue weighted by atomic mass is 32.2. The second-order valence-corrected chi connectivity index (χ2v) is 8.00. The molecule has 0 amide bonds. The lowest BCUT2D eigenvalue weighted by molar-refractivity contribution is 0.132. The van der Waals surface area contributed by atoms with Crippen LogP contribution in [0, 0.1) is 11.6 Å². The Labute approximate surface area is 150 Å². The fourth-order valence-electron chi connectivity index (χ4n) is 2.92. The van der Waals surface area contributed by atoms with E-state index in [-0.39, 0.29) is 29.5 Å². The van der Waals surface area contributed by atoms with Crippen molar-refractivity contribution in [2.45, 2.75) is 43.6 Å². The molecule has 26 heavy (non-hydrogen) atoms. The summed E-state index contributed by atoms with van der Waals surface area (Å²) in [5, 5.41) is 0. The van der Waals surface area contributed by atoms with Crippen molar-refractivity contribution in [2.24, 2.45) is 0 Å². The van der Waals surface area contributed by atoms with Gasteiger partial charge in [0.2, 0.25) is 10.0 Å². The van der Waals surface area contributed by atoms with E-state index in [4.69, 9.17) is 4.74 Å². The van der Waals surface area contributed by atoms with E-state index in [1.807, 2.05) is 0 Å². The van der Waals surface area contributed by atoms with Gasteiger partial charge in [0.25, 0.3) is 0 Å². The molecule has 0 bridgehead atoms. The maximum absolute atomic E-state index is 13.6. The van der Waals surface area contributed by atoms with Crippen LogP contribution in [0.25, 0.3) is 0 Å². The first-order chi connectivity index (χ1) is 12.4. The maximum atomic E-state index is 13.6. The molecule has 1 aromatic heterocycles. The van der Waals surface area contributed by atoms with Crippen molar-refractivity contribution in [3.8, 4) is 6.01 Å². The van der Waals surface area contributed by atoms with Crippen LogP contribution in [0.15, 0.2) is 36.7 Å². The van der Waals surface area contributed by atoms with Gasteiger partial charge in [0, 0.05) is 11.6 Å². The van der Waals surface area contributed by atoms with Gasteiger partial charge < -0.3 is 4.74 Å². The van der Waals surface area contributed by atoms with Crippen molar-refractivity contribution in [1.82, 2.24) is 14.7 Å². The van der Waals surface area contributed by atoms with E-state index in [0.717, 1.165) is 12.4 Å². The highest BCUT2D eigenvalue weighted by Crippen LogP contribution is 2.23. The highest BCUT2D eigenvalue weighted by molar-refractivity contribution is 7.88.